The minimum atomic E-state index is -1.08. The van der Waals surface area contributed by atoms with Crippen LogP contribution in [0.1, 0.15) is 21.5 Å². The van der Waals surface area contributed by atoms with Gasteiger partial charge in [0, 0.05) is 6.54 Å². The molecule has 0 saturated carbocycles. The van der Waals surface area contributed by atoms with Crippen LogP contribution in [0.5, 0.6) is 0 Å². The molecule has 0 radical (unpaired) electrons. The number of carboxylic acids is 1. The highest BCUT2D eigenvalue weighted by molar-refractivity contribution is 5.95. The van der Waals surface area contributed by atoms with Crippen LogP contribution in [0.15, 0.2) is 54.6 Å². The molecule has 4 N–H and O–H groups in total. The number of benzene rings is 2. The Kier molecular flexibility index (Phi) is 5.96. The number of alkyl carbamates (subject to hydrolysis) is 1. The first kappa shape index (κ1) is 17.1. The third-order valence-electron chi connectivity index (χ3n) is 3.24. The van der Waals surface area contributed by atoms with Crippen LogP contribution in [0, 0.1) is 0 Å². The van der Waals surface area contributed by atoms with Crippen molar-refractivity contribution in [3.05, 3.63) is 71.3 Å². The molecule has 2 aromatic carbocycles. The molecule has 24 heavy (non-hydrogen) atoms. The zero-order valence-electron chi connectivity index (χ0n) is 12.9. The quantitative estimate of drug-likeness (QED) is 0.708. The van der Waals surface area contributed by atoms with Crippen LogP contribution in [0.3, 0.4) is 0 Å². The Morgan fingerprint density at radius 1 is 1.12 bits per heavy atom. The van der Waals surface area contributed by atoms with Crippen molar-refractivity contribution in [1.29, 1.82) is 0 Å². The van der Waals surface area contributed by atoms with Gasteiger partial charge in [0.25, 0.3) is 0 Å². The van der Waals surface area contributed by atoms with Crippen LogP contribution in [0.2, 0.25) is 0 Å². The molecule has 6 nitrogen and oxygen atoms in total. The standard InChI is InChI=1S/C18H18N2O4/c19-16-14(8-4-10-15(16)17(21)22)9-5-11-20-18(23)24-12-13-6-2-1-3-7-13/h1-10H,11-12,19H2,(H,20,23)(H,21,22). The average Bonchev–Trinajstić information content (AvgIpc) is 2.58. The number of nitrogen functional groups attached to an aromatic ring is 1. The van der Waals surface area contributed by atoms with Crippen molar-refractivity contribution in [2.45, 2.75) is 6.61 Å². The fourth-order valence-corrected chi connectivity index (χ4v) is 2.02. The molecular formula is C18H18N2O4. The number of rotatable bonds is 6. The van der Waals surface area contributed by atoms with E-state index in [1.165, 1.54) is 6.07 Å². The highest BCUT2D eigenvalue weighted by atomic mass is 16.5. The third kappa shape index (κ3) is 4.88. The average molecular weight is 326 g/mol. The van der Waals surface area contributed by atoms with E-state index in [1.807, 2.05) is 30.3 Å². The van der Waals surface area contributed by atoms with Crippen LogP contribution < -0.4 is 11.1 Å². The van der Waals surface area contributed by atoms with Crippen molar-refractivity contribution in [1.82, 2.24) is 5.32 Å². The summed E-state index contributed by atoms with van der Waals surface area (Å²) in [6.07, 6.45) is 2.79. The SMILES string of the molecule is Nc1c(C=CCNC(=O)OCc2ccccc2)cccc1C(=O)O. The zero-order chi connectivity index (χ0) is 17.4. The molecule has 0 bridgehead atoms. The zero-order valence-corrected chi connectivity index (χ0v) is 12.9. The summed E-state index contributed by atoms with van der Waals surface area (Å²) in [7, 11) is 0. The Morgan fingerprint density at radius 2 is 1.88 bits per heavy atom. The Morgan fingerprint density at radius 3 is 2.58 bits per heavy atom. The maximum Gasteiger partial charge on any atom is 0.407 e. The highest BCUT2D eigenvalue weighted by Crippen LogP contribution is 2.18. The first-order chi connectivity index (χ1) is 11.6. The number of carbonyl (C=O) groups is 2. The van der Waals surface area contributed by atoms with Gasteiger partial charge in [-0.05, 0) is 17.2 Å². The Labute approximate surface area is 139 Å². The summed E-state index contributed by atoms with van der Waals surface area (Å²) >= 11 is 0. The van der Waals surface area contributed by atoms with Crippen LogP contribution >= 0.6 is 0 Å². The summed E-state index contributed by atoms with van der Waals surface area (Å²) in [6, 6.07) is 14.1. The van der Waals surface area contributed by atoms with Gasteiger partial charge in [0.2, 0.25) is 0 Å². The summed E-state index contributed by atoms with van der Waals surface area (Å²) < 4.78 is 5.07. The van der Waals surface area contributed by atoms with E-state index in [9.17, 15) is 9.59 Å². The molecule has 0 fully saturated rings. The monoisotopic (exact) mass is 326 g/mol. The summed E-state index contributed by atoms with van der Waals surface area (Å²) in [4.78, 5) is 22.6. The van der Waals surface area contributed by atoms with E-state index in [2.05, 4.69) is 5.32 Å². The van der Waals surface area contributed by atoms with Crippen LogP contribution in [-0.2, 0) is 11.3 Å². The van der Waals surface area contributed by atoms with Gasteiger partial charge in [-0.25, -0.2) is 9.59 Å². The van der Waals surface area contributed by atoms with Crippen molar-refractivity contribution in [2.24, 2.45) is 0 Å². The van der Waals surface area contributed by atoms with Crippen molar-refractivity contribution in [3.8, 4) is 0 Å². The maximum atomic E-state index is 11.6. The second kappa shape index (κ2) is 8.38. The molecule has 1 amide bonds. The van der Waals surface area contributed by atoms with E-state index in [1.54, 1.807) is 24.3 Å². The minimum absolute atomic E-state index is 0.0485. The number of nitrogens with two attached hydrogens (primary N) is 1. The van der Waals surface area contributed by atoms with Gasteiger partial charge in [0.05, 0.1) is 11.3 Å². The van der Waals surface area contributed by atoms with Gasteiger partial charge in [-0.15, -0.1) is 0 Å². The number of nitrogens with one attached hydrogen (secondary N) is 1. The Hall–Kier alpha value is -3.28. The largest absolute Gasteiger partial charge is 0.478 e. The third-order valence-corrected chi connectivity index (χ3v) is 3.24. The molecule has 0 heterocycles. The second-order valence-corrected chi connectivity index (χ2v) is 4.96. The molecule has 2 rings (SSSR count). The lowest BCUT2D eigenvalue weighted by Crippen LogP contribution is -2.24. The second-order valence-electron chi connectivity index (χ2n) is 4.96. The molecule has 0 spiro atoms. The molecule has 0 atom stereocenters. The molecular weight excluding hydrogens is 308 g/mol. The fourth-order valence-electron chi connectivity index (χ4n) is 2.02. The van der Waals surface area contributed by atoms with Crippen molar-refractivity contribution >= 4 is 23.8 Å². The first-order valence-corrected chi connectivity index (χ1v) is 7.31. The molecule has 2 aromatic rings. The molecule has 0 unspecified atom stereocenters. The summed E-state index contributed by atoms with van der Waals surface area (Å²) in [6.45, 7) is 0.439. The maximum absolute atomic E-state index is 11.6. The van der Waals surface area contributed by atoms with E-state index in [4.69, 9.17) is 15.6 Å². The summed E-state index contributed by atoms with van der Waals surface area (Å²) in [5, 5.41) is 11.6. The molecule has 0 aromatic heterocycles. The number of hydrogen-bond acceptors (Lipinski definition) is 4. The van der Waals surface area contributed by atoms with Gasteiger partial charge in [-0.3, -0.25) is 0 Å². The summed E-state index contributed by atoms with van der Waals surface area (Å²) in [5.74, 6) is -1.08. The highest BCUT2D eigenvalue weighted by Gasteiger charge is 2.09. The molecule has 6 heteroatoms. The van der Waals surface area contributed by atoms with Gasteiger partial charge >= 0.3 is 12.1 Å². The number of carbonyl (C=O) groups excluding carboxylic acids is 1. The van der Waals surface area contributed by atoms with Crippen LogP contribution in [-0.4, -0.2) is 23.7 Å². The van der Waals surface area contributed by atoms with E-state index < -0.39 is 12.1 Å². The van der Waals surface area contributed by atoms with Crippen molar-refractivity contribution in [2.75, 3.05) is 12.3 Å². The number of carboxylic acid groups (broad SMARTS) is 1. The summed E-state index contributed by atoms with van der Waals surface area (Å²) in [5.41, 5.74) is 7.51. The lowest BCUT2D eigenvalue weighted by molar-refractivity contribution is 0.0698. The predicted molar refractivity (Wildman–Crippen MR) is 91.5 cm³/mol. The Bertz CT molecular complexity index is 742. The number of amides is 1. The van der Waals surface area contributed by atoms with Crippen LogP contribution in [0.4, 0.5) is 10.5 Å². The fraction of sp³-hybridized carbons (Fsp3) is 0.111. The van der Waals surface area contributed by atoms with Gasteiger partial charge in [0.1, 0.15) is 6.61 Å². The lowest BCUT2D eigenvalue weighted by atomic mass is 10.1. The van der Waals surface area contributed by atoms with Crippen molar-refractivity contribution < 1.29 is 19.4 Å². The smallest absolute Gasteiger partial charge is 0.407 e. The van der Waals surface area contributed by atoms with Gasteiger partial charge in [0.15, 0.2) is 0 Å². The topological polar surface area (TPSA) is 102 Å². The number of hydrogen-bond donors (Lipinski definition) is 3. The molecule has 0 aliphatic heterocycles. The number of aromatic carboxylic acids is 1. The normalized spacial score (nSPS) is 10.5. The van der Waals surface area contributed by atoms with Crippen LogP contribution in [0.25, 0.3) is 6.08 Å². The van der Waals surface area contributed by atoms with E-state index >= 15 is 0 Å². The molecule has 0 saturated heterocycles. The first-order valence-electron chi connectivity index (χ1n) is 7.31. The Balaban J connectivity index is 1.81. The van der Waals surface area contributed by atoms with Gasteiger partial charge in [-0.2, -0.15) is 0 Å². The minimum Gasteiger partial charge on any atom is -0.478 e. The number of para-hydroxylation sites is 1. The van der Waals surface area contributed by atoms with Crippen molar-refractivity contribution in [3.63, 3.8) is 0 Å². The molecule has 124 valence electrons. The number of anilines is 1. The number of ether oxygens (including phenoxy) is 1. The van der Waals surface area contributed by atoms with E-state index in [0.29, 0.717) is 5.56 Å². The lowest BCUT2D eigenvalue weighted by Gasteiger charge is -2.06. The van der Waals surface area contributed by atoms with Gasteiger partial charge in [-0.1, -0.05) is 54.6 Å². The van der Waals surface area contributed by atoms with E-state index in [0.717, 1.165) is 5.56 Å². The molecule has 0 aliphatic rings. The van der Waals surface area contributed by atoms with Gasteiger partial charge < -0.3 is 20.9 Å². The van der Waals surface area contributed by atoms with E-state index in [-0.39, 0.29) is 24.4 Å². The predicted octanol–water partition coefficient (Wildman–Crippen LogP) is 2.91. The molecule has 0 aliphatic carbocycles.